The first-order chi connectivity index (χ1) is 23.5. The molecule has 2 amide bonds. The molecular formula is C40H38N4O4. The van der Waals surface area contributed by atoms with Crippen LogP contribution in [-0.2, 0) is 0 Å². The van der Waals surface area contributed by atoms with E-state index in [2.05, 4.69) is 9.80 Å². The lowest BCUT2D eigenvalue weighted by Crippen LogP contribution is -2.46. The first kappa shape index (κ1) is 32.5. The summed E-state index contributed by atoms with van der Waals surface area (Å²) < 4.78 is 0. The smallest absolute Gasteiger partial charge is 0.258 e. The minimum Gasteiger partial charge on any atom is -0.301 e. The van der Waals surface area contributed by atoms with Crippen LogP contribution in [0.1, 0.15) is 54.3 Å². The Morgan fingerprint density at radius 1 is 0.438 bits per heavy atom. The molecule has 0 spiro atoms. The van der Waals surface area contributed by atoms with Gasteiger partial charge in [0.05, 0.1) is 13.3 Å². The van der Waals surface area contributed by atoms with Crippen LogP contribution in [0.2, 0.25) is 0 Å². The van der Waals surface area contributed by atoms with Gasteiger partial charge in [-0.3, -0.25) is 29.0 Å². The van der Waals surface area contributed by atoms with Crippen LogP contribution in [0.5, 0.6) is 0 Å². The summed E-state index contributed by atoms with van der Waals surface area (Å²) in [7, 11) is 0. The molecule has 0 atom stereocenters. The highest BCUT2D eigenvalue weighted by Crippen LogP contribution is 2.21. The summed E-state index contributed by atoms with van der Waals surface area (Å²) in [6.45, 7) is 2.97. The summed E-state index contributed by atoms with van der Waals surface area (Å²) in [5.41, 5.74) is 3.44. The van der Waals surface area contributed by atoms with E-state index >= 15 is 0 Å². The van der Waals surface area contributed by atoms with Crippen LogP contribution in [0.4, 0.5) is 0 Å². The van der Waals surface area contributed by atoms with Gasteiger partial charge in [0.2, 0.25) is 0 Å². The highest BCUT2D eigenvalue weighted by molar-refractivity contribution is 6.10. The van der Waals surface area contributed by atoms with Gasteiger partial charge in [0, 0.05) is 72.0 Å². The first-order valence-corrected chi connectivity index (χ1v) is 16.2. The normalized spacial score (nSPS) is 15.4. The fourth-order valence-electron chi connectivity index (χ4n) is 6.07. The van der Waals surface area contributed by atoms with E-state index in [0.717, 1.165) is 12.8 Å². The Balaban J connectivity index is 1.12. The molecule has 2 heterocycles. The van der Waals surface area contributed by atoms with Crippen LogP contribution in [-0.4, -0.2) is 82.5 Å². The third-order valence-electron chi connectivity index (χ3n) is 8.53. The van der Waals surface area contributed by atoms with Crippen molar-refractivity contribution in [3.8, 4) is 0 Å². The van der Waals surface area contributed by atoms with E-state index in [9.17, 15) is 19.2 Å². The van der Waals surface area contributed by atoms with Gasteiger partial charge in [-0.15, -0.1) is 0 Å². The van der Waals surface area contributed by atoms with E-state index in [4.69, 9.17) is 0 Å². The van der Waals surface area contributed by atoms with Gasteiger partial charge in [0.25, 0.3) is 11.8 Å². The molecule has 6 rings (SSSR count). The fraction of sp³-hybridized carbons (Fsp3) is 0.200. The lowest BCUT2D eigenvalue weighted by Gasteiger charge is -2.35. The van der Waals surface area contributed by atoms with E-state index in [0.29, 0.717) is 72.9 Å². The molecule has 2 aliphatic heterocycles. The van der Waals surface area contributed by atoms with Gasteiger partial charge < -0.3 is 9.80 Å². The molecule has 0 unspecified atom stereocenters. The van der Waals surface area contributed by atoms with Crippen LogP contribution in [0, 0.1) is 0 Å². The quantitative estimate of drug-likeness (QED) is 0.145. The van der Waals surface area contributed by atoms with Crippen LogP contribution in [0.25, 0.3) is 0 Å². The van der Waals surface area contributed by atoms with Crippen LogP contribution < -0.4 is 0 Å². The predicted molar refractivity (Wildman–Crippen MR) is 185 cm³/mol. The Morgan fingerprint density at radius 3 is 1.08 bits per heavy atom. The van der Waals surface area contributed by atoms with Gasteiger partial charge >= 0.3 is 0 Å². The molecule has 48 heavy (non-hydrogen) atoms. The summed E-state index contributed by atoms with van der Waals surface area (Å²) in [5, 5.41) is 0. The number of unbranched alkanes of at least 4 members (excludes halogenated alkanes) is 1. The maximum Gasteiger partial charge on any atom is 0.258 e. The molecule has 0 aromatic heterocycles. The maximum absolute atomic E-state index is 13.5. The van der Waals surface area contributed by atoms with Crippen molar-refractivity contribution in [2.24, 2.45) is 0 Å². The van der Waals surface area contributed by atoms with E-state index in [1.165, 1.54) is 0 Å². The number of benzene rings is 4. The van der Waals surface area contributed by atoms with Gasteiger partial charge in [-0.1, -0.05) is 97.1 Å². The standard InChI is InChI=1S/C40H38N4O4/c45-37(31-15-5-1-6-16-31)35-25-41(29-43(27-35)39(47)33-19-9-3-10-20-33)23-13-14-24-42-26-36(38(46)32-17-7-2-8-18-32)28-44(30-42)40(48)34-21-11-4-12-22-34/h1-12,15-22,27-28H,13-14,23-26,29-30H2. The van der Waals surface area contributed by atoms with Crippen LogP contribution in [0.3, 0.4) is 0 Å². The number of hydrogen-bond acceptors (Lipinski definition) is 6. The van der Waals surface area contributed by atoms with Gasteiger partial charge in [-0.25, -0.2) is 0 Å². The minimum atomic E-state index is -0.155. The van der Waals surface area contributed by atoms with E-state index < -0.39 is 0 Å². The van der Waals surface area contributed by atoms with Crippen molar-refractivity contribution in [3.63, 3.8) is 0 Å². The number of ketones is 2. The molecule has 4 aromatic carbocycles. The lowest BCUT2D eigenvalue weighted by molar-refractivity contribution is 0.0670. The molecule has 0 saturated heterocycles. The summed E-state index contributed by atoms with van der Waals surface area (Å²) >= 11 is 0. The van der Waals surface area contributed by atoms with Crippen molar-refractivity contribution >= 4 is 23.4 Å². The largest absolute Gasteiger partial charge is 0.301 e. The summed E-state index contributed by atoms with van der Waals surface area (Å²) in [4.78, 5) is 61.3. The predicted octanol–water partition coefficient (Wildman–Crippen LogP) is 6.13. The third kappa shape index (κ3) is 7.91. The minimum absolute atomic E-state index is 0.0925. The zero-order chi connectivity index (χ0) is 33.3. The number of rotatable bonds is 11. The van der Waals surface area contributed by atoms with Crippen molar-refractivity contribution in [1.82, 2.24) is 19.6 Å². The van der Waals surface area contributed by atoms with Crippen molar-refractivity contribution in [2.75, 3.05) is 39.5 Å². The molecule has 8 nitrogen and oxygen atoms in total. The molecule has 242 valence electrons. The number of hydrogen-bond donors (Lipinski definition) is 0. The van der Waals surface area contributed by atoms with E-state index in [-0.39, 0.29) is 23.4 Å². The highest BCUT2D eigenvalue weighted by atomic mass is 16.2. The van der Waals surface area contributed by atoms with Crippen molar-refractivity contribution in [2.45, 2.75) is 12.8 Å². The molecule has 4 aromatic rings. The zero-order valence-corrected chi connectivity index (χ0v) is 26.8. The van der Waals surface area contributed by atoms with Crippen molar-refractivity contribution < 1.29 is 19.2 Å². The molecule has 0 fully saturated rings. The molecular weight excluding hydrogens is 600 g/mol. The van der Waals surface area contributed by atoms with Gasteiger partial charge in [-0.05, 0) is 37.1 Å². The molecule has 0 saturated carbocycles. The second-order valence-corrected chi connectivity index (χ2v) is 12.1. The Morgan fingerprint density at radius 2 is 0.750 bits per heavy atom. The number of amides is 2. The first-order valence-electron chi connectivity index (χ1n) is 16.2. The Kier molecular flexibility index (Phi) is 10.4. The maximum atomic E-state index is 13.5. The molecule has 0 N–H and O–H groups in total. The monoisotopic (exact) mass is 638 g/mol. The number of nitrogens with zero attached hydrogens (tertiary/aromatic N) is 4. The van der Waals surface area contributed by atoms with E-state index in [1.807, 2.05) is 72.8 Å². The average Bonchev–Trinajstić information content (AvgIpc) is 3.16. The fourth-order valence-corrected chi connectivity index (χ4v) is 6.07. The van der Waals surface area contributed by atoms with Gasteiger partial charge in [0.1, 0.15) is 0 Å². The topological polar surface area (TPSA) is 81.2 Å². The second-order valence-electron chi connectivity index (χ2n) is 12.1. The second kappa shape index (κ2) is 15.4. The van der Waals surface area contributed by atoms with Crippen LogP contribution in [0.15, 0.2) is 145 Å². The average molecular weight is 639 g/mol. The Labute approximate surface area is 281 Å². The molecule has 8 heteroatoms. The van der Waals surface area contributed by atoms with Crippen molar-refractivity contribution in [3.05, 3.63) is 167 Å². The number of carbonyl (C=O) groups excluding carboxylic acids is 4. The molecule has 0 bridgehead atoms. The molecule has 0 aliphatic carbocycles. The number of carbonyl (C=O) groups is 4. The van der Waals surface area contributed by atoms with Crippen LogP contribution >= 0.6 is 0 Å². The number of Topliss-reactive ketones (excluding diaryl/α,β-unsaturated/α-hetero) is 2. The zero-order valence-electron chi connectivity index (χ0n) is 26.8. The van der Waals surface area contributed by atoms with Crippen molar-refractivity contribution in [1.29, 1.82) is 0 Å². The third-order valence-corrected chi connectivity index (χ3v) is 8.53. The summed E-state index contributed by atoms with van der Waals surface area (Å²) in [5.74, 6) is -0.495. The summed E-state index contributed by atoms with van der Waals surface area (Å²) in [6, 6.07) is 36.5. The Hall–Kier alpha value is -5.44. The lowest BCUT2D eigenvalue weighted by atomic mass is 10.0. The summed E-state index contributed by atoms with van der Waals surface area (Å²) in [6.07, 6.45) is 5.00. The molecule has 0 radical (unpaired) electrons. The highest BCUT2D eigenvalue weighted by Gasteiger charge is 2.28. The SMILES string of the molecule is O=C(C1=CN(C(=O)c2ccccc2)CN(CCCCN2CC(C(=O)c3ccccc3)=CN(C(=O)c3ccccc3)C2)C1)c1ccccc1. The Bertz CT molecular complexity index is 1670. The van der Waals surface area contributed by atoms with Gasteiger partial charge in [0.15, 0.2) is 11.6 Å². The molecule has 2 aliphatic rings. The van der Waals surface area contributed by atoms with Gasteiger partial charge in [-0.2, -0.15) is 0 Å². The van der Waals surface area contributed by atoms with E-state index in [1.54, 1.807) is 70.7 Å².